The molecule has 6 heteroatoms. The van der Waals surface area contributed by atoms with Gasteiger partial charge in [0.15, 0.2) is 0 Å². The topological polar surface area (TPSA) is 60.7 Å². The Balaban J connectivity index is 1.96. The van der Waals surface area contributed by atoms with Crippen molar-refractivity contribution in [3.05, 3.63) is 87.5 Å². The van der Waals surface area contributed by atoms with Crippen molar-refractivity contribution in [3.8, 4) is 11.3 Å². The molecule has 25 heavy (non-hydrogen) atoms. The van der Waals surface area contributed by atoms with E-state index in [1.807, 2.05) is 48.5 Å². The SMILES string of the molecule is O=c1c2ncccc2c(-c2cccc(Br)c2)nn1Cc1ccncc1. The average Bonchev–Trinajstić information content (AvgIpc) is 2.65. The Morgan fingerprint density at radius 1 is 1.00 bits per heavy atom. The zero-order valence-electron chi connectivity index (χ0n) is 13.1. The predicted molar refractivity (Wildman–Crippen MR) is 100 cm³/mol. The molecule has 0 aliphatic heterocycles. The van der Waals surface area contributed by atoms with Gasteiger partial charge in [0.2, 0.25) is 0 Å². The van der Waals surface area contributed by atoms with Crippen molar-refractivity contribution in [1.82, 2.24) is 19.7 Å². The Bertz CT molecular complexity index is 1110. The largest absolute Gasteiger partial charge is 0.293 e. The van der Waals surface area contributed by atoms with Crippen LogP contribution in [0.25, 0.3) is 22.2 Å². The van der Waals surface area contributed by atoms with E-state index in [0.29, 0.717) is 12.1 Å². The number of hydrogen-bond acceptors (Lipinski definition) is 4. The number of pyridine rings is 2. The van der Waals surface area contributed by atoms with Gasteiger partial charge >= 0.3 is 0 Å². The number of halogens is 1. The van der Waals surface area contributed by atoms with Crippen molar-refractivity contribution in [2.75, 3.05) is 0 Å². The summed E-state index contributed by atoms with van der Waals surface area (Å²) in [6, 6.07) is 15.3. The van der Waals surface area contributed by atoms with Crippen LogP contribution in [0.15, 0.2) is 76.4 Å². The molecule has 122 valence electrons. The summed E-state index contributed by atoms with van der Waals surface area (Å²) in [5, 5.41) is 5.38. The van der Waals surface area contributed by atoms with Crippen LogP contribution < -0.4 is 5.56 Å². The molecule has 0 bridgehead atoms. The molecule has 0 aliphatic carbocycles. The first-order valence-electron chi connectivity index (χ1n) is 7.73. The molecule has 0 amide bonds. The minimum absolute atomic E-state index is 0.203. The van der Waals surface area contributed by atoms with Crippen LogP contribution >= 0.6 is 15.9 Å². The Morgan fingerprint density at radius 2 is 1.84 bits per heavy atom. The normalized spacial score (nSPS) is 10.9. The molecule has 0 spiro atoms. The van der Waals surface area contributed by atoms with Crippen LogP contribution in [0.5, 0.6) is 0 Å². The summed E-state index contributed by atoms with van der Waals surface area (Å²) in [5.74, 6) is 0. The first-order chi connectivity index (χ1) is 12.2. The third kappa shape index (κ3) is 3.08. The highest BCUT2D eigenvalue weighted by Gasteiger charge is 2.13. The summed E-state index contributed by atoms with van der Waals surface area (Å²) in [6.07, 6.45) is 5.04. The Hall–Kier alpha value is -2.86. The molecule has 0 radical (unpaired) electrons. The zero-order valence-corrected chi connectivity index (χ0v) is 14.7. The molecule has 0 unspecified atom stereocenters. The zero-order chi connectivity index (χ0) is 17.2. The monoisotopic (exact) mass is 392 g/mol. The average molecular weight is 393 g/mol. The molecule has 0 saturated heterocycles. The second kappa shape index (κ2) is 6.57. The summed E-state index contributed by atoms with van der Waals surface area (Å²) in [7, 11) is 0. The fourth-order valence-electron chi connectivity index (χ4n) is 2.73. The maximum absolute atomic E-state index is 12.8. The van der Waals surface area contributed by atoms with Crippen molar-refractivity contribution in [2.24, 2.45) is 0 Å². The van der Waals surface area contributed by atoms with Gasteiger partial charge in [-0.15, -0.1) is 0 Å². The van der Waals surface area contributed by atoms with E-state index in [1.165, 1.54) is 4.68 Å². The van der Waals surface area contributed by atoms with Crippen LogP contribution in [0.4, 0.5) is 0 Å². The van der Waals surface area contributed by atoms with Crippen molar-refractivity contribution < 1.29 is 0 Å². The molecule has 0 N–H and O–H groups in total. The number of rotatable bonds is 3. The second-order valence-corrected chi connectivity index (χ2v) is 6.49. The van der Waals surface area contributed by atoms with Gasteiger partial charge in [0.25, 0.3) is 5.56 Å². The van der Waals surface area contributed by atoms with Crippen molar-refractivity contribution in [1.29, 1.82) is 0 Å². The smallest absolute Gasteiger partial charge is 0.265 e. The molecular weight excluding hydrogens is 380 g/mol. The van der Waals surface area contributed by atoms with Crippen molar-refractivity contribution in [2.45, 2.75) is 6.54 Å². The van der Waals surface area contributed by atoms with Gasteiger partial charge in [-0.1, -0.05) is 28.1 Å². The van der Waals surface area contributed by atoms with Crippen LogP contribution in [0.2, 0.25) is 0 Å². The first-order valence-corrected chi connectivity index (χ1v) is 8.52. The molecule has 0 atom stereocenters. The van der Waals surface area contributed by atoms with Gasteiger partial charge in [0, 0.05) is 34.0 Å². The third-order valence-electron chi connectivity index (χ3n) is 3.90. The van der Waals surface area contributed by atoms with Crippen LogP contribution in [0.1, 0.15) is 5.56 Å². The summed E-state index contributed by atoms with van der Waals surface area (Å²) in [5.41, 5.74) is 2.83. The molecule has 4 aromatic rings. The van der Waals surface area contributed by atoms with Gasteiger partial charge < -0.3 is 0 Å². The van der Waals surface area contributed by atoms with E-state index < -0.39 is 0 Å². The fraction of sp³-hybridized carbons (Fsp3) is 0.0526. The predicted octanol–water partition coefficient (Wildman–Crippen LogP) is 3.66. The van der Waals surface area contributed by atoms with E-state index in [2.05, 4.69) is 31.0 Å². The first kappa shape index (κ1) is 15.7. The summed E-state index contributed by atoms with van der Waals surface area (Å²) in [4.78, 5) is 21.1. The van der Waals surface area contributed by atoms with Crippen LogP contribution in [-0.2, 0) is 6.54 Å². The molecule has 4 rings (SSSR count). The van der Waals surface area contributed by atoms with Crippen LogP contribution in [-0.4, -0.2) is 19.7 Å². The lowest BCUT2D eigenvalue weighted by atomic mass is 10.1. The van der Waals surface area contributed by atoms with Crippen molar-refractivity contribution in [3.63, 3.8) is 0 Å². The van der Waals surface area contributed by atoms with E-state index in [0.717, 1.165) is 26.7 Å². The second-order valence-electron chi connectivity index (χ2n) is 5.58. The van der Waals surface area contributed by atoms with E-state index in [9.17, 15) is 4.79 Å². The van der Waals surface area contributed by atoms with Gasteiger partial charge in [-0.3, -0.25) is 14.8 Å². The number of benzene rings is 1. The quantitative estimate of drug-likeness (QED) is 0.533. The van der Waals surface area contributed by atoms with Crippen LogP contribution in [0, 0.1) is 0 Å². The van der Waals surface area contributed by atoms with E-state index in [4.69, 9.17) is 0 Å². The summed E-state index contributed by atoms with van der Waals surface area (Å²) < 4.78 is 2.41. The van der Waals surface area contributed by atoms with Gasteiger partial charge in [-0.05, 0) is 42.0 Å². The highest BCUT2D eigenvalue weighted by molar-refractivity contribution is 9.10. The maximum atomic E-state index is 12.8. The lowest BCUT2D eigenvalue weighted by Crippen LogP contribution is -2.25. The molecule has 0 aliphatic rings. The van der Waals surface area contributed by atoms with Crippen molar-refractivity contribution >= 4 is 26.8 Å². The number of nitrogens with zero attached hydrogens (tertiary/aromatic N) is 4. The summed E-state index contributed by atoms with van der Waals surface area (Å²) in [6.45, 7) is 0.370. The van der Waals surface area contributed by atoms with Gasteiger partial charge in [-0.2, -0.15) is 5.10 Å². The van der Waals surface area contributed by atoms with E-state index >= 15 is 0 Å². The molecule has 0 fully saturated rings. The lowest BCUT2D eigenvalue weighted by Gasteiger charge is -2.11. The lowest BCUT2D eigenvalue weighted by molar-refractivity contribution is 0.649. The molecule has 5 nitrogen and oxygen atoms in total. The fourth-order valence-corrected chi connectivity index (χ4v) is 3.13. The van der Waals surface area contributed by atoms with E-state index in [-0.39, 0.29) is 5.56 Å². The Morgan fingerprint density at radius 3 is 2.64 bits per heavy atom. The highest BCUT2D eigenvalue weighted by atomic mass is 79.9. The van der Waals surface area contributed by atoms with Gasteiger partial charge in [0.1, 0.15) is 11.2 Å². The molecular formula is C19H13BrN4O. The Labute approximate surface area is 152 Å². The number of hydrogen-bond donors (Lipinski definition) is 0. The summed E-state index contributed by atoms with van der Waals surface area (Å²) >= 11 is 3.49. The molecule has 3 heterocycles. The molecule has 1 aromatic carbocycles. The third-order valence-corrected chi connectivity index (χ3v) is 4.39. The minimum Gasteiger partial charge on any atom is -0.265 e. The van der Waals surface area contributed by atoms with Gasteiger partial charge in [-0.25, -0.2) is 4.68 Å². The number of aromatic nitrogens is 4. The minimum atomic E-state index is -0.203. The molecule has 3 aromatic heterocycles. The number of fused-ring (bicyclic) bond motifs is 1. The van der Waals surface area contributed by atoms with Crippen LogP contribution in [0.3, 0.4) is 0 Å². The Kier molecular flexibility index (Phi) is 4.11. The highest BCUT2D eigenvalue weighted by Crippen LogP contribution is 2.26. The standard InChI is InChI=1S/C19H13BrN4O/c20-15-4-1-3-14(11-15)17-16-5-2-8-22-18(16)19(25)24(23-17)12-13-6-9-21-10-7-13/h1-11H,12H2. The van der Waals surface area contributed by atoms with Gasteiger partial charge in [0.05, 0.1) is 6.54 Å². The maximum Gasteiger partial charge on any atom is 0.293 e. The molecule has 0 saturated carbocycles. The van der Waals surface area contributed by atoms with E-state index in [1.54, 1.807) is 18.6 Å².